The average molecular weight is 324 g/mol. The summed E-state index contributed by atoms with van der Waals surface area (Å²) in [5, 5.41) is 0. The summed E-state index contributed by atoms with van der Waals surface area (Å²) in [5.74, 6) is 0. The van der Waals surface area contributed by atoms with Crippen LogP contribution in [-0.2, 0) is 0 Å². The van der Waals surface area contributed by atoms with E-state index in [0.29, 0.717) is 0 Å². The molecule has 0 amide bonds. The van der Waals surface area contributed by atoms with E-state index in [2.05, 4.69) is 95.8 Å². The lowest BCUT2D eigenvalue weighted by Gasteiger charge is -2.20. The summed E-state index contributed by atoms with van der Waals surface area (Å²) in [4.78, 5) is 5.85. The summed E-state index contributed by atoms with van der Waals surface area (Å²) in [6.07, 6.45) is 0. The molecule has 0 atom stereocenters. The monoisotopic (exact) mass is 324 g/mol. The third kappa shape index (κ3) is 3.07. The molecule has 0 aliphatic carbocycles. The predicted octanol–water partition coefficient (Wildman–Crippen LogP) is 6.12. The highest BCUT2D eigenvalue weighted by molar-refractivity contribution is 5.84. The van der Waals surface area contributed by atoms with Gasteiger partial charge in [0.1, 0.15) is 0 Å². The fourth-order valence-corrected chi connectivity index (χ4v) is 3.10. The normalized spacial score (nSPS) is 10.6. The molecule has 0 bridgehead atoms. The first-order chi connectivity index (χ1) is 12.3. The molecule has 122 valence electrons. The van der Waals surface area contributed by atoms with E-state index in [1.54, 1.807) is 0 Å². The van der Waals surface area contributed by atoms with Gasteiger partial charge in [-0.05, 0) is 23.8 Å². The quantitative estimate of drug-likeness (QED) is 0.479. The van der Waals surface area contributed by atoms with Crippen LogP contribution in [0.5, 0.6) is 0 Å². The van der Waals surface area contributed by atoms with E-state index in [4.69, 9.17) is 0 Å². The molecule has 1 aromatic heterocycles. The number of aromatic amines is 1. The zero-order valence-electron chi connectivity index (χ0n) is 14.2. The second-order valence-electron chi connectivity index (χ2n) is 6.07. The van der Waals surface area contributed by atoms with Gasteiger partial charge in [0.2, 0.25) is 0 Å². The third-order valence-electron chi connectivity index (χ3n) is 4.45. The SMILES string of the molecule is CN(c1ccccc1)c1cc(-c2ccccc2)[nH]c1-c1ccccc1. The Kier molecular flexibility index (Phi) is 4.09. The van der Waals surface area contributed by atoms with Crippen LogP contribution in [0.4, 0.5) is 11.4 Å². The standard InChI is InChI=1S/C23H20N2/c1-25(20-15-9-4-10-16-20)22-17-21(18-11-5-2-6-12-18)24-23(22)19-13-7-3-8-14-19/h2-17,24H,1H3. The number of rotatable bonds is 4. The lowest BCUT2D eigenvalue weighted by Crippen LogP contribution is -2.09. The number of aromatic nitrogens is 1. The van der Waals surface area contributed by atoms with Crippen LogP contribution >= 0.6 is 0 Å². The molecule has 25 heavy (non-hydrogen) atoms. The zero-order chi connectivity index (χ0) is 17.1. The Morgan fingerprint density at radius 2 is 1.16 bits per heavy atom. The number of nitrogens with one attached hydrogen (secondary N) is 1. The van der Waals surface area contributed by atoms with E-state index in [1.807, 2.05) is 18.2 Å². The number of hydrogen-bond donors (Lipinski definition) is 1. The molecule has 0 aliphatic heterocycles. The van der Waals surface area contributed by atoms with Gasteiger partial charge in [-0.3, -0.25) is 0 Å². The molecule has 2 nitrogen and oxygen atoms in total. The van der Waals surface area contributed by atoms with Gasteiger partial charge in [-0.1, -0.05) is 78.9 Å². The maximum absolute atomic E-state index is 3.62. The summed E-state index contributed by atoms with van der Waals surface area (Å²) in [6, 6.07) is 33.6. The summed E-state index contributed by atoms with van der Waals surface area (Å²) in [5.41, 5.74) is 6.95. The van der Waals surface area contributed by atoms with Crippen LogP contribution in [0.3, 0.4) is 0 Å². The van der Waals surface area contributed by atoms with Crippen LogP contribution in [-0.4, -0.2) is 12.0 Å². The Hall–Kier alpha value is -3.26. The molecule has 0 radical (unpaired) electrons. The number of benzene rings is 3. The Morgan fingerprint density at radius 3 is 1.76 bits per heavy atom. The first-order valence-electron chi connectivity index (χ1n) is 8.45. The third-order valence-corrected chi connectivity index (χ3v) is 4.45. The highest BCUT2D eigenvalue weighted by atomic mass is 15.1. The largest absolute Gasteiger partial charge is 0.353 e. The zero-order valence-corrected chi connectivity index (χ0v) is 14.2. The van der Waals surface area contributed by atoms with Gasteiger partial charge in [0.25, 0.3) is 0 Å². The van der Waals surface area contributed by atoms with E-state index < -0.39 is 0 Å². The molecule has 0 spiro atoms. The van der Waals surface area contributed by atoms with Gasteiger partial charge in [-0.25, -0.2) is 0 Å². The maximum Gasteiger partial charge on any atom is 0.0700 e. The first-order valence-corrected chi connectivity index (χ1v) is 8.45. The van der Waals surface area contributed by atoms with Gasteiger partial charge in [0, 0.05) is 24.0 Å². The van der Waals surface area contributed by atoms with Crippen LogP contribution in [0, 0.1) is 0 Å². The van der Waals surface area contributed by atoms with Gasteiger partial charge >= 0.3 is 0 Å². The fourth-order valence-electron chi connectivity index (χ4n) is 3.10. The fraction of sp³-hybridized carbons (Fsp3) is 0.0435. The molecule has 0 fully saturated rings. The van der Waals surface area contributed by atoms with Crippen LogP contribution in [0.25, 0.3) is 22.5 Å². The van der Waals surface area contributed by atoms with Crippen molar-refractivity contribution in [2.45, 2.75) is 0 Å². The molecule has 0 saturated heterocycles. The van der Waals surface area contributed by atoms with Gasteiger partial charge < -0.3 is 9.88 Å². The molecular formula is C23H20N2. The Balaban J connectivity index is 1.85. The molecule has 4 rings (SSSR count). The van der Waals surface area contributed by atoms with Crippen molar-refractivity contribution in [3.05, 3.63) is 97.1 Å². The number of para-hydroxylation sites is 1. The van der Waals surface area contributed by atoms with Gasteiger partial charge in [-0.2, -0.15) is 0 Å². The van der Waals surface area contributed by atoms with Crippen LogP contribution < -0.4 is 4.90 Å². The van der Waals surface area contributed by atoms with E-state index in [-0.39, 0.29) is 0 Å². The van der Waals surface area contributed by atoms with Gasteiger partial charge in [0.05, 0.1) is 11.4 Å². The highest BCUT2D eigenvalue weighted by Crippen LogP contribution is 2.37. The summed E-state index contributed by atoms with van der Waals surface area (Å²) >= 11 is 0. The topological polar surface area (TPSA) is 19.0 Å². The lowest BCUT2D eigenvalue weighted by atomic mass is 10.1. The van der Waals surface area contributed by atoms with E-state index in [9.17, 15) is 0 Å². The summed E-state index contributed by atoms with van der Waals surface area (Å²) < 4.78 is 0. The second kappa shape index (κ2) is 6.70. The smallest absolute Gasteiger partial charge is 0.0700 e. The Morgan fingerprint density at radius 1 is 0.640 bits per heavy atom. The van der Waals surface area contributed by atoms with Crippen LogP contribution in [0.2, 0.25) is 0 Å². The molecule has 1 heterocycles. The van der Waals surface area contributed by atoms with Gasteiger partial charge in [-0.15, -0.1) is 0 Å². The highest BCUT2D eigenvalue weighted by Gasteiger charge is 2.15. The molecular weight excluding hydrogens is 304 g/mol. The van der Waals surface area contributed by atoms with Crippen LogP contribution in [0.15, 0.2) is 97.1 Å². The summed E-state index contributed by atoms with van der Waals surface area (Å²) in [6.45, 7) is 0. The Labute approximate surface area is 148 Å². The number of nitrogens with zero attached hydrogens (tertiary/aromatic N) is 1. The average Bonchev–Trinajstić information content (AvgIpc) is 3.15. The number of anilines is 2. The van der Waals surface area contributed by atoms with Crippen molar-refractivity contribution in [2.24, 2.45) is 0 Å². The van der Waals surface area contributed by atoms with Crippen molar-refractivity contribution in [2.75, 3.05) is 11.9 Å². The van der Waals surface area contributed by atoms with Crippen LogP contribution in [0.1, 0.15) is 0 Å². The van der Waals surface area contributed by atoms with Crippen molar-refractivity contribution < 1.29 is 0 Å². The van der Waals surface area contributed by atoms with E-state index in [0.717, 1.165) is 17.1 Å². The van der Waals surface area contributed by atoms with Gasteiger partial charge in [0.15, 0.2) is 0 Å². The van der Waals surface area contributed by atoms with Crippen molar-refractivity contribution in [1.82, 2.24) is 4.98 Å². The van der Waals surface area contributed by atoms with Crippen molar-refractivity contribution in [1.29, 1.82) is 0 Å². The maximum atomic E-state index is 3.62. The molecule has 1 N–H and O–H groups in total. The number of hydrogen-bond acceptors (Lipinski definition) is 1. The summed E-state index contributed by atoms with van der Waals surface area (Å²) in [7, 11) is 2.11. The minimum absolute atomic E-state index is 1.12. The van der Waals surface area contributed by atoms with E-state index >= 15 is 0 Å². The molecule has 4 aromatic rings. The molecule has 0 saturated carbocycles. The van der Waals surface area contributed by atoms with Crippen molar-refractivity contribution >= 4 is 11.4 Å². The molecule has 0 unspecified atom stereocenters. The molecule has 2 heteroatoms. The predicted molar refractivity (Wildman–Crippen MR) is 106 cm³/mol. The van der Waals surface area contributed by atoms with Crippen molar-refractivity contribution in [3.8, 4) is 22.5 Å². The minimum atomic E-state index is 1.12. The lowest BCUT2D eigenvalue weighted by molar-refractivity contribution is 1.21. The van der Waals surface area contributed by atoms with E-state index in [1.165, 1.54) is 16.8 Å². The molecule has 3 aromatic carbocycles. The number of H-pyrrole nitrogens is 1. The first kappa shape index (κ1) is 15.3. The molecule has 0 aliphatic rings. The second-order valence-corrected chi connectivity index (χ2v) is 6.07. The minimum Gasteiger partial charge on any atom is -0.353 e. The Bertz CT molecular complexity index is 941. The van der Waals surface area contributed by atoms with Crippen molar-refractivity contribution in [3.63, 3.8) is 0 Å².